The monoisotopic (exact) mass is 144 g/mol. The number of hydrogen-bond donors (Lipinski definition) is 0. The van der Waals surface area contributed by atoms with Crippen LogP contribution in [0, 0.1) is 5.92 Å². The van der Waals surface area contributed by atoms with Gasteiger partial charge >= 0.3 is 0 Å². The molecular formula is C6H8O2S. The highest BCUT2D eigenvalue weighted by atomic mass is 32.2. The maximum Gasteiger partial charge on any atom is 0.144 e. The Bertz CT molecular complexity index is 133. The van der Waals surface area contributed by atoms with Gasteiger partial charge in [-0.3, -0.25) is 4.79 Å². The number of thioether (sulfide) groups is 1. The zero-order valence-electron chi connectivity index (χ0n) is 5.00. The van der Waals surface area contributed by atoms with Gasteiger partial charge in [0.15, 0.2) is 0 Å². The van der Waals surface area contributed by atoms with Crippen LogP contribution in [-0.2, 0) is 9.59 Å². The van der Waals surface area contributed by atoms with E-state index in [2.05, 4.69) is 0 Å². The Labute approximate surface area is 58.0 Å². The highest BCUT2D eigenvalue weighted by molar-refractivity contribution is 7.99. The molecule has 0 amide bonds. The second-order valence-electron chi connectivity index (χ2n) is 2.03. The molecule has 1 aliphatic heterocycles. The average molecular weight is 144 g/mol. The molecule has 3 heteroatoms. The third-order valence-electron chi connectivity index (χ3n) is 1.37. The highest BCUT2D eigenvalue weighted by Gasteiger charge is 2.20. The van der Waals surface area contributed by atoms with Gasteiger partial charge in [-0.1, -0.05) is 0 Å². The minimum absolute atomic E-state index is 0.115. The van der Waals surface area contributed by atoms with E-state index < -0.39 is 0 Å². The van der Waals surface area contributed by atoms with Gasteiger partial charge in [0.25, 0.3) is 0 Å². The topological polar surface area (TPSA) is 34.1 Å². The third-order valence-corrected chi connectivity index (χ3v) is 2.46. The first-order valence-corrected chi connectivity index (χ1v) is 4.06. The van der Waals surface area contributed by atoms with E-state index in [1.807, 2.05) is 0 Å². The molecule has 0 aromatic heterocycles. The average Bonchev–Trinajstić information content (AvgIpc) is 1.89. The molecule has 1 atom stereocenters. The number of carbonyl (C=O) groups is 2. The van der Waals surface area contributed by atoms with Crippen molar-refractivity contribution in [2.75, 3.05) is 11.5 Å². The molecule has 0 unspecified atom stereocenters. The number of ketones is 1. The molecule has 0 aromatic carbocycles. The Hall–Kier alpha value is -0.310. The minimum atomic E-state index is -0.302. The van der Waals surface area contributed by atoms with Crippen molar-refractivity contribution >= 4 is 23.8 Å². The zero-order valence-corrected chi connectivity index (χ0v) is 5.82. The standard InChI is InChI=1S/C6H8O2S/c7-3-5-4-9-2-1-6(5)8/h3,5H,1-2,4H2/t5-/m1/s1. The Balaban J connectivity index is 2.48. The maximum absolute atomic E-state index is 10.8. The number of aldehydes is 1. The molecule has 0 spiro atoms. The molecule has 0 radical (unpaired) electrons. The van der Waals surface area contributed by atoms with E-state index >= 15 is 0 Å². The summed E-state index contributed by atoms with van der Waals surface area (Å²) in [6, 6.07) is 0. The van der Waals surface area contributed by atoms with Crippen LogP contribution in [0.5, 0.6) is 0 Å². The van der Waals surface area contributed by atoms with Crippen LogP contribution >= 0.6 is 11.8 Å². The van der Waals surface area contributed by atoms with Crippen molar-refractivity contribution in [3.8, 4) is 0 Å². The van der Waals surface area contributed by atoms with E-state index in [1.54, 1.807) is 11.8 Å². The van der Waals surface area contributed by atoms with Gasteiger partial charge in [-0.2, -0.15) is 11.8 Å². The summed E-state index contributed by atoms with van der Waals surface area (Å²) in [7, 11) is 0. The van der Waals surface area contributed by atoms with Crippen molar-refractivity contribution in [1.82, 2.24) is 0 Å². The lowest BCUT2D eigenvalue weighted by Crippen LogP contribution is -2.23. The first-order valence-electron chi connectivity index (χ1n) is 2.90. The molecule has 0 bridgehead atoms. The zero-order chi connectivity index (χ0) is 6.69. The molecule has 1 heterocycles. The molecule has 1 saturated heterocycles. The van der Waals surface area contributed by atoms with Gasteiger partial charge in [0.1, 0.15) is 12.1 Å². The summed E-state index contributed by atoms with van der Waals surface area (Å²) in [5, 5.41) is 0. The van der Waals surface area contributed by atoms with Crippen LogP contribution in [0.3, 0.4) is 0 Å². The van der Waals surface area contributed by atoms with Crippen LogP contribution in [0.2, 0.25) is 0 Å². The predicted molar refractivity (Wildman–Crippen MR) is 36.5 cm³/mol. The molecule has 0 N–H and O–H groups in total. The normalized spacial score (nSPS) is 28.0. The molecule has 2 nitrogen and oxygen atoms in total. The van der Waals surface area contributed by atoms with Crippen molar-refractivity contribution in [1.29, 1.82) is 0 Å². The van der Waals surface area contributed by atoms with Gasteiger partial charge in [0.05, 0.1) is 5.92 Å². The van der Waals surface area contributed by atoms with Crippen LogP contribution < -0.4 is 0 Å². The molecule has 0 saturated carbocycles. The van der Waals surface area contributed by atoms with Gasteiger partial charge in [0, 0.05) is 17.9 Å². The minimum Gasteiger partial charge on any atom is -0.303 e. The number of rotatable bonds is 1. The lowest BCUT2D eigenvalue weighted by Gasteiger charge is -2.13. The van der Waals surface area contributed by atoms with E-state index in [4.69, 9.17) is 0 Å². The molecule has 1 fully saturated rings. The summed E-state index contributed by atoms with van der Waals surface area (Å²) in [4.78, 5) is 20.9. The summed E-state index contributed by atoms with van der Waals surface area (Å²) in [6.45, 7) is 0. The predicted octanol–water partition coefficient (Wildman–Crippen LogP) is 0.508. The summed E-state index contributed by atoms with van der Waals surface area (Å²) in [5.74, 6) is 1.40. The largest absolute Gasteiger partial charge is 0.303 e. The smallest absolute Gasteiger partial charge is 0.144 e. The fraction of sp³-hybridized carbons (Fsp3) is 0.667. The second-order valence-corrected chi connectivity index (χ2v) is 3.18. The fourth-order valence-corrected chi connectivity index (χ4v) is 1.81. The summed E-state index contributed by atoms with van der Waals surface area (Å²) in [6.07, 6.45) is 1.34. The highest BCUT2D eigenvalue weighted by Crippen LogP contribution is 2.17. The number of hydrogen-bond acceptors (Lipinski definition) is 3. The molecule has 0 aliphatic carbocycles. The second kappa shape index (κ2) is 3.01. The number of Topliss-reactive ketones (excluding diaryl/α,β-unsaturated/α-hetero) is 1. The summed E-state index contributed by atoms with van der Waals surface area (Å²) >= 11 is 1.68. The van der Waals surface area contributed by atoms with Gasteiger partial charge < -0.3 is 4.79 Å². The van der Waals surface area contributed by atoms with Crippen molar-refractivity contribution in [2.24, 2.45) is 5.92 Å². The van der Waals surface area contributed by atoms with Crippen LogP contribution in [0.25, 0.3) is 0 Å². The summed E-state index contributed by atoms with van der Waals surface area (Å²) < 4.78 is 0. The summed E-state index contributed by atoms with van der Waals surface area (Å²) in [5.41, 5.74) is 0. The SMILES string of the molecule is O=C[C@@H]1CSCCC1=O. The van der Waals surface area contributed by atoms with Gasteiger partial charge in [-0.25, -0.2) is 0 Å². The van der Waals surface area contributed by atoms with Gasteiger partial charge in [-0.05, 0) is 0 Å². The first kappa shape index (κ1) is 6.81. The van der Waals surface area contributed by atoms with E-state index in [-0.39, 0.29) is 11.7 Å². The molecule has 9 heavy (non-hydrogen) atoms. The van der Waals surface area contributed by atoms with Gasteiger partial charge in [-0.15, -0.1) is 0 Å². The Morgan fingerprint density at radius 1 is 1.67 bits per heavy atom. The van der Waals surface area contributed by atoms with Crippen LogP contribution in [-0.4, -0.2) is 23.6 Å². The molecule has 1 aliphatic rings. The van der Waals surface area contributed by atoms with Crippen molar-refractivity contribution < 1.29 is 9.59 Å². The van der Waals surface area contributed by atoms with E-state index in [0.717, 1.165) is 12.0 Å². The maximum atomic E-state index is 10.8. The molecular weight excluding hydrogens is 136 g/mol. The van der Waals surface area contributed by atoms with Crippen molar-refractivity contribution in [3.63, 3.8) is 0 Å². The van der Waals surface area contributed by atoms with Crippen LogP contribution in [0.1, 0.15) is 6.42 Å². The molecule has 50 valence electrons. The first-order chi connectivity index (χ1) is 4.34. The van der Waals surface area contributed by atoms with Crippen LogP contribution in [0.4, 0.5) is 0 Å². The number of carbonyl (C=O) groups excluding carboxylic acids is 2. The molecule has 1 rings (SSSR count). The Morgan fingerprint density at radius 2 is 2.44 bits per heavy atom. The Kier molecular flexibility index (Phi) is 2.28. The lowest BCUT2D eigenvalue weighted by atomic mass is 10.1. The fourth-order valence-electron chi connectivity index (χ4n) is 0.777. The van der Waals surface area contributed by atoms with Crippen molar-refractivity contribution in [2.45, 2.75) is 6.42 Å². The quantitative estimate of drug-likeness (QED) is 0.397. The Morgan fingerprint density at radius 3 is 2.89 bits per heavy atom. The van der Waals surface area contributed by atoms with E-state index in [0.29, 0.717) is 12.2 Å². The lowest BCUT2D eigenvalue weighted by molar-refractivity contribution is -0.126. The third kappa shape index (κ3) is 1.55. The van der Waals surface area contributed by atoms with E-state index in [9.17, 15) is 9.59 Å². The van der Waals surface area contributed by atoms with Crippen molar-refractivity contribution in [3.05, 3.63) is 0 Å². The van der Waals surface area contributed by atoms with Gasteiger partial charge in [0.2, 0.25) is 0 Å². The van der Waals surface area contributed by atoms with Crippen LogP contribution in [0.15, 0.2) is 0 Å². The molecule has 0 aromatic rings. The van der Waals surface area contributed by atoms with E-state index in [1.165, 1.54) is 0 Å².